The number of rotatable bonds is 8. The maximum absolute atomic E-state index is 2.51. The van der Waals surface area contributed by atoms with E-state index in [4.69, 9.17) is 0 Å². The number of benzene rings is 13. The first kappa shape index (κ1) is 45.5. The maximum Gasteiger partial charge on any atom is 0.0555 e. The van der Waals surface area contributed by atoms with Crippen LogP contribution in [0.2, 0.25) is 0 Å². The van der Waals surface area contributed by atoms with Crippen molar-refractivity contribution in [2.24, 2.45) is 0 Å². The highest BCUT2D eigenvalue weighted by Crippen LogP contribution is 2.50. The number of aromatic nitrogens is 1. The fraction of sp³-hybridized carbons (Fsp3) is 0. The second-order valence-corrected chi connectivity index (χ2v) is 24.0. The maximum atomic E-state index is 2.51. The Hall–Kier alpha value is -9.56. The predicted octanol–water partition coefficient (Wildman–Crippen LogP) is 22.8. The number of para-hydroxylation sites is 1. The van der Waals surface area contributed by atoms with Crippen LogP contribution in [-0.4, -0.2) is 4.57 Å². The molecule has 0 aliphatic heterocycles. The van der Waals surface area contributed by atoms with E-state index in [9.17, 15) is 0 Å². The summed E-state index contributed by atoms with van der Waals surface area (Å²) in [5, 5.41) is 14.9. The molecule has 0 spiro atoms. The van der Waals surface area contributed by atoms with Crippen molar-refractivity contribution >= 4 is 172 Å². The van der Waals surface area contributed by atoms with Crippen LogP contribution in [0.4, 0.5) is 34.1 Å². The molecule has 17 aromatic rings. The van der Waals surface area contributed by atoms with E-state index in [2.05, 4.69) is 287 Å². The van der Waals surface area contributed by atoms with Gasteiger partial charge in [0.15, 0.2) is 0 Å². The zero-order chi connectivity index (χ0) is 52.4. The number of fused-ring (bicyclic) bond motifs is 15. The van der Waals surface area contributed by atoms with E-state index in [1.165, 1.54) is 104 Å². The van der Waals surface area contributed by atoms with Crippen molar-refractivity contribution in [3.8, 4) is 16.8 Å². The Kier molecular flexibility index (Phi) is 10.2. The van der Waals surface area contributed by atoms with Crippen molar-refractivity contribution in [3.05, 3.63) is 273 Å². The van der Waals surface area contributed by atoms with E-state index >= 15 is 0 Å². The van der Waals surface area contributed by atoms with Gasteiger partial charge in [0.25, 0.3) is 0 Å². The largest absolute Gasteiger partial charge is 0.310 e. The van der Waals surface area contributed by atoms with Gasteiger partial charge in [0.05, 0.1) is 22.4 Å². The summed E-state index contributed by atoms with van der Waals surface area (Å²) in [6.07, 6.45) is 0. The average molecular weight is 1070 g/mol. The zero-order valence-corrected chi connectivity index (χ0v) is 45.5. The van der Waals surface area contributed by atoms with Crippen LogP contribution in [0.15, 0.2) is 273 Å². The van der Waals surface area contributed by atoms with Gasteiger partial charge in [-0.05, 0) is 131 Å². The summed E-state index contributed by atoms with van der Waals surface area (Å²) in [7, 11) is 0. The van der Waals surface area contributed by atoms with Crippen LogP contribution in [0.5, 0.6) is 0 Å². The van der Waals surface area contributed by atoms with Crippen LogP contribution in [0, 0.1) is 0 Å². The molecule has 80 heavy (non-hydrogen) atoms. The molecule has 4 heterocycles. The molecule has 13 aromatic carbocycles. The first-order valence-corrected chi connectivity index (χ1v) is 29.6. The van der Waals surface area contributed by atoms with Gasteiger partial charge in [-0.1, -0.05) is 164 Å². The molecule has 17 rings (SSSR count). The van der Waals surface area contributed by atoms with Gasteiger partial charge in [-0.15, -0.1) is 34.0 Å². The highest BCUT2D eigenvalue weighted by molar-refractivity contribution is 7.27. The Bertz CT molecular complexity index is 5130. The second-order valence-electron chi connectivity index (χ2n) is 20.8. The van der Waals surface area contributed by atoms with Crippen LogP contribution in [0.1, 0.15) is 0 Å². The molecule has 0 fully saturated rings. The Balaban J connectivity index is 0.982. The van der Waals surface area contributed by atoms with Gasteiger partial charge in [-0.3, -0.25) is 0 Å². The third-order valence-corrected chi connectivity index (χ3v) is 19.8. The lowest BCUT2D eigenvalue weighted by Crippen LogP contribution is -2.14. The highest BCUT2D eigenvalue weighted by Gasteiger charge is 2.25. The standard InChI is InChI=1S/C74H45N3S3/c1-2-20-50(21-3-1)77-66-37-36-60-57-24-8-13-31-70(57)80-74(60)73(66)61-35-32-48(42-67(61)77)49-40-53(75(64-27-14-18-46-16-4-6-22-55(46)64)51-33-38-71-62(44-51)58-25-9-11-29-68(58)78-71)43-54(41-49)76(65-28-15-19-47-17-5-7-23-56(47)65)52-34-39-72-63(45-52)59-26-10-12-30-69(59)79-72/h1-45H. The Morgan fingerprint density at radius 1 is 0.263 bits per heavy atom. The molecule has 0 radical (unpaired) electrons. The van der Waals surface area contributed by atoms with Crippen molar-refractivity contribution in [2.75, 3.05) is 9.80 Å². The molecular formula is C74H45N3S3. The normalized spacial score (nSPS) is 12.0. The molecule has 0 atom stereocenters. The van der Waals surface area contributed by atoms with Gasteiger partial charge in [0.2, 0.25) is 0 Å². The molecule has 0 bridgehead atoms. The van der Waals surface area contributed by atoms with E-state index in [1.54, 1.807) is 0 Å². The molecular weight excluding hydrogens is 1030 g/mol. The van der Waals surface area contributed by atoms with Crippen molar-refractivity contribution < 1.29 is 0 Å². The Labute approximate surface area is 472 Å². The highest BCUT2D eigenvalue weighted by atomic mass is 32.1. The van der Waals surface area contributed by atoms with Crippen LogP contribution in [0.3, 0.4) is 0 Å². The first-order chi connectivity index (χ1) is 39.6. The van der Waals surface area contributed by atoms with Crippen LogP contribution < -0.4 is 9.80 Å². The lowest BCUT2D eigenvalue weighted by Gasteiger charge is -2.31. The number of thiophene rings is 3. The minimum atomic E-state index is 1.05. The lowest BCUT2D eigenvalue weighted by molar-refractivity contribution is 1.18. The lowest BCUT2D eigenvalue weighted by atomic mass is 9.99. The summed E-state index contributed by atoms with van der Waals surface area (Å²) in [6.45, 7) is 0. The molecule has 0 aliphatic rings. The Morgan fingerprint density at radius 2 is 0.738 bits per heavy atom. The fourth-order valence-corrected chi connectivity index (χ4v) is 16.1. The van der Waals surface area contributed by atoms with Gasteiger partial charge < -0.3 is 14.4 Å². The summed E-state index contributed by atoms with van der Waals surface area (Å²) in [5.74, 6) is 0. The molecule has 0 saturated heterocycles. The van der Waals surface area contributed by atoms with E-state index < -0.39 is 0 Å². The topological polar surface area (TPSA) is 11.4 Å². The molecule has 4 aromatic heterocycles. The molecule has 0 saturated carbocycles. The summed E-state index contributed by atoms with van der Waals surface area (Å²) >= 11 is 5.61. The quantitative estimate of drug-likeness (QED) is 0.150. The van der Waals surface area contributed by atoms with Crippen LogP contribution >= 0.6 is 34.0 Å². The van der Waals surface area contributed by atoms with Crippen molar-refractivity contribution in [2.45, 2.75) is 0 Å². The number of hydrogen-bond donors (Lipinski definition) is 0. The third-order valence-electron chi connectivity index (χ3n) is 16.3. The van der Waals surface area contributed by atoms with E-state index in [1.807, 2.05) is 34.0 Å². The minimum absolute atomic E-state index is 1.05. The number of nitrogens with zero attached hydrogens (tertiary/aromatic N) is 3. The van der Waals surface area contributed by atoms with Gasteiger partial charge >= 0.3 is 0 Å². The summed E-state index contributed by atoms with van der Waals surface area (Å²) < 4.78 is 10.2. The SMILES string of the molecule is c1ccc(-n2c3cc(-c4cc(N(c5ccc6sc7ccccc7c6c5)c5cccc6ccccc56)cc(N(c5ccc6sc7ccccc7c6c5)c5cccc6ccccc56)c4)ccc3c3c4sc5ccccc5c4ccc32)cc1. The van der Waals surface area contributed by atoms with Gasteiger partial charge in [0.1, 0.15) is 0 Å². The summed E-state index contributed by atoms with van der Waals surface area (Å²) in [4.78, 5) is 5.02. The van der Waals surface area contributed by atoms with Crippen molar-refractivity contribution in [1.82, 2.24) is 4.57 Å². The molecule has 6 heteroatoms. The third kappa shape index (κ3) is 7.10. The van der Waals surface area contributed by atoms with E-state index in [-0.39, 0.29) is 0 Å². The second kappa shape index (κ2) is 18.0. The number of hydrogen-bond acceptors (Lipinski definition) is 5. The van der Waals surface area contributed by atoms with Gasteiger partial charge in [-0.25, -0.2) is 0 Å². The first-order valence-electron chi connectivity index (χ1n) is 27.1. The predicted molar refractivity (Wildman–Crippen MR) is 349 cm³/mol. The Morgan fingerprint density at radius 3 is 1.32 bits per heavy atom. The monoisotopic (exact) mass is 1070 g/mol. The molecule has 374 valence electrons. The molecule has 0 amide bonds. The summed E-state index contributed by atoms with van der Waals surface area (Å²) in [5.41, 5.74) is 12.3. The molecule has 0 unspecified atom stereocenters. The molecule has 0 aliphatic carbocycles. The summed E-state index contributed by atoms with van der Waals surface area (Å²) in [6, 6.07) is 102. The van der Waals surface area contributed by atoms with Gasteiger partial charge in [-0.2, -0.15) is 0 Å². The minimum Gasteiger partial charge on any atom is -0.310 e. The number of anilines is 6. The zero-order valence-electron chi connectivity index (χ0n) is 43.0. The van der Waals surface area contributed by atoms with Crippen molar-refractivity contribution in [3.63, 3.8) is 0 Å². The van der Waals surface area contributed by atoms with E-state index in [0.717, 1.165) is 50.9 Å². The molecule has 0 N–H and O–H groups in total. The van der Waals surface area contributed by atoms with Crippen LogP contribution in [-0.2, 0) is 0 Å². The van der Waals surface area contributed by atoms with E-state index in [0.29, 0.717) is 0 Å². The molecule has 3 nitrogen and oxygen atoms in total. The fourth-order valence-electron chi connectivity index (χ4n) is 12.7. The van der Waals surface area contributed by atoms with Crippen molar-refractivity contribution in [1.29, 1.82) is 0 Å². The smallest absolute Gasteiger partial charge is 0.0555 e. The van der Waals surface area contributed by atoms with Crippen LogP contribution in [0.25, 0.3) is 121 Å². The average Bonchev–Trinajstić information content (AvgIpc) is 4.44. The van der Waals surface area contributed by atoms with Gasteiger partial charge in [0, 0.05) is 110 Å².